The molecule has 0 saturated carbocycles. The second-order valence-electron chi connectivity index (χ2n) is 4.21. The van der Waals surface area contributed by atoms with E-state index in [1.54, 1.807) is 23.3 Å². The number of hydrogen-bond donors (Lipinski definition) is 0. The summed E-state index contributed by atoms with van der Waals surface area (Å²) in [6, 6.07) is 11.4. The fraction of sp³-hybridized carbons (Fsp3) is 0. The number of nitrogens with zero attached hydrogens (tertiary/aromatic N) is 3. The summed E-state index contributed by atoms with van der Waals surface area (Å²) in [5, 5.41) is 4.50. The van der Waals surface area contributed by atoms with Crippen LogP contribution in [0, 0.1) is 0 Å². The maximum atomic E-state index is 11.2. The zero-order valence-corrected chi connectivity index (χ0v) is 12.0. The largest absolute Gasteiger partial charge is 0.298 e. The van der Waals surface area contributed by atoms with Crippen molar-refractivity contribution in [3.8, 4) is 16.9 Å². The third-order valence-electron chi connectivity index (χ3n) is 2.90. The molecular formula is C15H10BrN3O. The molecule has 98 valence electrons. The highest BCUT2D eigenvalue weighted by molar-refractivity contribution is 9.10. The van der Waals surface area contributed by atoms with E-state index in [-0.39, 0.29) is 0 Å². The molecule has 0 N–H and O–H groups in total. The number of aromatic nitrogens is 3. The lowest BCUT2D eigenvalue weighted by atomic mass is 10.1. The van der Waals surface area contributed by atoms with E-state index in [4.69, 9.17) is 0 Å². The van der Waals surface area contributed by atoms with Gasteiger partial charge in [-0.2, -0.15) is 5.10 Å². The van der Waals surface area contributed by atoms with E-state index >= 15 is 0 Å². The predicted octanol–water partition coefficient (Wildman–Crippen LogP) is 3.51. The molecule has 20 heavy (non-hydrogen) atoms. The van der Waals surface area contributed by atoms with Crippen molar-refractivity contribution in [2.45, 2.75) is 0 Å². The Balaban J connectivity index is 2.12. The minimum atomic E-state index is 0.552. The molecule has 4 nitrogen and oxygen atoms in total. The molecular weight excluding hydrogens is 318 g/mol. The number of carbonyl (C=O) groups is 1. The first-order valence-corrected chi connectivity index (χ1v) is 6.78. The lowest BCUT2D eigenvalue weighted by Crippen LogP contribution is -1.94. The van der Waals surface area contributed by atoms with E-state index in [0.29, 0.717) is 11.3 Å². The van der Waals surface area contributed by atoms with Crippen LogP contribution >= 0.6 is 15.9 Å². The summed E-state index contributed by atoms with van der Waals surface area (Å²) in [5.41, 5.74) is 2.97. The summed E-state index contributed by atoms with van der Waals surface area (Å²) >= 11 is 3.43. The van der Waals surface area contributed by atoms with Crippen molar-refractivity contribution in [3.05, 3.63) is 65.0 Å². The highest BCUT2D eigenvalue weighted by Crippen LogP contribution is 2.22. The van der Waals surface area contributed by atoms with Crippen LogP contribution in [0.3, 0.4) is 0 Å². The first kappa shape index (κ1) is 12.7. The van der Waals surface area contributed by atoms with Gasteiger partial charge in [0.1, 0.15) is 5.69 Å². The van der Waals surface area contributed by atoms with E-state index in [1.165, 1.54) is 0 Å². The Morgan fingerprint density at radius 1 is 1.15 bits per heavy atom. The zero-order chi connectivity index (χ0) is 13.9. The van der Waals surface area contributed by atoms with Crippen LogP contribution in [0.1, 0.15) is 10.4 Å². The molecule has 0 radical (unpaired) electrons. The maximum absolute atomic E-state index is 11.2. The molecule has 3 aromatic rings. The monoisotopic (exact) mass is 327 g/mol. The number of carbonyl (C=O) groups excluding carboxylic acids is 1. The second-order valence-corrected chi connectivity index (χ2v) is 5.13. The van der Waals surface area contributed by atoms with Crippen LogP contribution in [-0.2, 0) is 0 Å². The van der Waals surface area contributed by atoms with E-state index in [1.807, 2.05) is 36.4 Å². The van der Waals surface area contributed by atoms with Crippen LogP contribution in [0.2, 0.25) is 0 Å². The van der Waals surface area contributed by atoms with Gasteiger partial charge in [-0.05, 0) is 30.3 Å². The Kier molecular flexibility index (Phi) is 3.43. The third-order valence-corrected chi connectivity index (χ3v) is 3.39. The molecule has 0 aliphatic carbocycles. The standard InChI is InChI=1S/C15H10BrN3O/c16-13-2-1-3-14(8-13)19-9-12(10-20)15(18-19)11-4-6-17-7-5-11/h1-10H. The van der Waals surface area contributed by atoms with Crippen LogP contribution in [0.25, 0.3) is 16.9 Å². The predicted molar refractivity (Wildman–Crippen MR) is 79.9 cm³/mol. The fourth-order valence-electron chi connectivity index (χ4n) is 1.96. The lowest BCUT2D eigenvalue weighted by molar-refractivity contribution is 0.112. The average Bonchev–Trinajstić information content (AvgIpc) is 2.92. The van der Waals surface area contributed by atoms with Crippen molar-refractivity contribution in [1.29, 1.82) is 0 Å². The number of rotatable bonds is 3. The Morgan fingerprint density at radius 2 is 1.95 bits per heavy atom. The molecule has 2 aromatic heterocycles. The first-order valence-electron chi connectivity index (χ1n) is 5.99. The summed E-state index contributed by atoms with van der Waals surface area (Å²) in [6.07, 6.45) is 5.91. The number of hydrogen-bond acceptors (Lipinski definition) is 3. The number of pyridine rings is 1. The topological polar surface area (TPSA) is 47.8 Å². The van der Waals surface area contributed by atoms with Gasteiger partial charge in [0.15, 0.2) is 6.29 Å². The van der Waals surface area contributed by atoms with E-state index in [2.05, 4.69) is 26.0 Å². The molecule has 0 amide bonds. The van der Waals surface area contributed by atoms with Crippen LogP contribution in [0.15, 0.2) is 59.5 Å². The number of halogens is 1. The molecule has 0 bridgehead atoms. The normalized spacial score (nSPS) is 10.4. The Hall–Kier alpha value is -2.27. The Labute approximate surface area is 124 Å². The number of benzene rings is 1. The Morgan fingerprint density at radius 3 is 2.65 bits per heavy atom. The highest BCUT2D eigenvalue weighted by atomic mass is 79.9. The van der Waals surface area contributed by atoms with Crippen molar-refractivity contribution < 1.29 is 4.79 Å². The number of aldehydes is 1. The van der Waals surface area contributed by atoms with E-state index < -0.39 is 0 Å². The van der Waals surface area contributed by atoms with Gasteiger partial charge >= 0.3 is 0 Å². The van der Waals surface area contributed by atoms with Gasteiger partial charge in [0.05, 0.1) is 11.3 Å². The molecule has 0 saturated heterocycles. The van der Waals surface area contributed by atoms with Gasteiger partial charge in [0.2, 0.25) is 0 Å². The fourth-order valence-corrected chi connectivity index (χ4v) is 2.35. The summed E-state index contributed by atoms with van der Waals surface area (Å²) in [7, 11) is 0. The molecule has 0 aliphatic rings. The summed E-state index contributed by atoms with van der Waals surface area (Å²) in [5.74, 6) is 0. The molecule has 0 unspecified atom stereocenters. The van der Waals surface area contributed by atoms with Crippen LogP contribution in [0.4, 0.5) is 0 Å². The molecule has 0 fully saturated rings. The van der Waals surface area contributed by atoms with Gasteiger partial charge in [-0.15, -0.1) is 0 Å². The molecule has 0 atom stereocenters. The summed E-state index contributed by atoms with van der Waals surface area (Å²) < 4.78 is 2.66. The van der Waals surface area contributed by atoms with Crippen LogP contribution in [0.5, 0.6) is 0 Å². The molecule has 3 rings (SSSR count). The van der Waals surface area contributed by atoms with Crippen molar-refractivity contribution >= 4 is 22.2 Å². The van der Waals surface area contributed by atoms with Gasteiger partial charge in [-0.3, -0.25) is 9.78 Å². The molecule has 0 aliphatic heterocycles. The minimum Gasteiger partial charge on any atom is -0.298 e. The average molecular weight is 328 g/mol. The van der Waals surface area contributed by atoms with Crippen molar-refractivity contribution in [1.82, 2.24) is 14.8 Å². The lowest BCUT2D eigenvalue weighted by Gasteiger charge is -2.01. The SMILES string of the molecule is O=Cc1cn(-c2cccc(Br)c2)nc1-c1ccncc1. The summed E-state index contributed by atoms with van der Waals surface area (Å²) in [4.78, 5) is 15.2. The summed E-state index contributed by atoms with van der Waals surface area (Å²) in [6.45, 7) is 0. The van der Waals surface area contributed by atoms with Gasteiger partial charge in [0, 0.05) is 28.6 Å². The van der Waals surface area contributed by atoms with Crippen molar-refractivity contribution in [2.24, 2.45) is 0 Å². The van der Waals surface area contributed by atoms with Crippen LogP contribution < -0.4 is 0 Å². The van der Waals surface area contributed by atoms with Gasteiger partial charge in [-0.1, -0.05) is 22.0 Å². The molecule has 2 heterocycles. The van der Waals surface area contributed by atoms with Gasteiger partial charge < -0.3 is 0 Å². The second kappa shape index (κ2) is 5.38. The molecule has 5 heteroatoms. The zero-order valence-electron chi connectivity index (χ0n) is 10.4. The smallest absolute Gasteiger partial charge is 0.153 e. The van der Waals surface area contributed by atoms with Gasteiger partial charge in [-0.25, -0.2) is 4.68 Å². The van der Waals surface area contributed by atoms with E-state index in [0.717, 1.165) is 22.0 Å². The van der Waals surface area contributed by atoms with Crippen molar-refractivity contribution in [3.63, 3.8) is 0 Å². The minimum absolute atomic E-state index is 0.552. The van der Waals surface area contributed by atoms with Gasteiger partial charge in [0.25, 0.3) is 0 Å². The first-order chi connectivity index (χ1) is 9.78. The Bertz CT molecular complexity index is 753. The quantitative estimate of drug-likeness (QED) is 0.691. The van der Waals surface area contributed by atoms with Crippen molar-refractivity contribution in [2.75, 3.05) is 0 Å². The molecule has 1 aromatic carbocycles. The van der Waals surface area contributed by atoms with Crippen LogP contribution in [-0.4, -0.2) is 21.1 Å². The van der Waals surface area contributed by atoms with E-state index in [9.17, 15) is 4.79 Å². The maximum Gasteiger partial charge on any atom is 0.153 e. The highest BCUT2D eigenvalue weighted by Gasteiger charge is 2.11. The molecule has 0 spiro atoms. The third kappa shape index (κ3) is 2.40.